The van der Waals surface area contributed by atoms with Crippen LogP contribution in [0.4, 0.5) is 0 Å². The fraction of sp³-hybridized carbons (Fsp3) is 0.714. The molecule has 0 saturated heterocycles. The van der Waals surface area contributed by atoms with Crippen LogP contribution in [-0.4, -0.2) is 13.2 Å². The molecule has 0 N–H and O–H groups in total. The zero-order chi connectivity index (χ0) is 12.7. The van der Waals surface area contributed by atoms with Crippen molar-refractivity contribution in [3.8, 4) is 11.5 Å². The average Bonchev–Trinajstić information content (AvgIpc) is 2.80. The molecule has 2 unspecified atom stereocenters. The number of ether oxygens (including phenoxy) is 2. The van der Waals surface area contributed by atoms with Crippen molar-refractivity contribution in [1.82, 2.24) is 0 Å². The maximum Gasteiger partial charge on any atom is 0.171 e. The standard InChI is InChI=1S/C14H24O2S/c1-5-11(3)7-15-13-9-17-10-14(13)16-8-12(4)6-2/h9-12H,5-8H2,1-4H3. The van der Waals surface area contributed by atoms with Crippen LogP contribution in [-0.2, 0) is 0 Å². The smallest absolute Gasteiger partial charge is 0.171 e. The van der Waals surface area contributed by atoms with Gasteiger partial charge < -0.3 is 9.47 Å². The molecule has 17 heavy (non-hydrogen) atoms. The molecular formula is C14H24O2S. The van der Waals surface area contributed by atoms with E-state index in [2.05, 4.69) is 27.7 Å². The van der Waals surface area contributed by atoms with Gasteiger partial charge in [-0.2, -0.15) is 0 Å². The van der Waals surface area contributed by atoms with E-state index in [1.54, 1.807) is 11.3 Å². The maximum atomic E-state index is 5.78. The molecule has 0 radical (unpaired) electrons. The van der Waals surface area contributed by atoms with Crippen LogP contribution < -0.4 is 9.47 Å². The molecular weight excluding hydrogens is 232 g/mol. The van der Waals surface area contributed by atoms with E-state index < -0.39 is 0 Å². The van der Waals surface area contributed by atoms with Crippen LogP contribution in [0.25, 0.3) is 0 Å². The first-order valence-corrected chi connectivity index (χ1v) is 7.43. The second kappa shape index (κ2) is 7.59. The molecule has 0 spiro atoms. The van der Waals surface area contributed by atoms with Crippen molar-refractivity contribution in [2.45, 2.75) is 40.5 Å². The van der Waals surface area contributed by atoms with Crippen LogP contribution in [0.2, 0.25) is 0 Å². The molecule has 0 aliphatic heterocycles. The lowest BCUT2D eigenvalue weighted by Crippen LogP contribution is -2.10. The molecule has 1 aromatic rings. The second-order valence-electron chi connectivity index (χ2n) is 4.75. The van der Waals surface area contributed by atoms with Gasteiger partial charge in [0.15, 0.2) is 11.5 Å². The second-order valence-corrected chi connectivity index (χ2v) is 5.49. The molecule has 2 atom stereocenters. The highest BCUT2D eigenvalue weighted by Gasteiger charge is 2.09. The Kier molecular flexibility index (Phi) is 6.41. The summed E-state index contributed by atoms with van der Waals surface area (Å²) < 4.78 is 11.6. The van der Waals surface area contributed by atoms with Gasteiger partial charge in [-0.25, -0.2) is 0 Å². The molecule has 1 heterocycles. The highest BCUT2D eigenvalue weighted by Crippen LogP contribution is 2.32. The maximum absolute atomic E-state index is 5.78. The Hall–Kier alpha value is -0.700. The normalized spacial score (nSPS) is 14.4. The van der Waals surface area contributed by atoms with Gasteiger partial charge in [0.25, 0.3) is 0 Å². The van der Waals surface area contributed by atoms with Crippen molar-refractivity contribution in [1.29, 1.82) is 0 Å². The Morgan fingerprint density at radius 2 is 1.35 bits per heavy atom. The van der Waals surface area contributed by atoms with Crippen LogP contribution in [0.15, 0.2) is 10.8 Å². The minimum absolute atomic E-state index is 0.595. The third kappa shape index (κ3) is 4.99. The lowest BCUT2D eigenvalue weighted by Gasteiger charge is -2.13. The molecule has 98 valence electrons. The minimum Gasteiger partial charge on any atom is -0.489 e. The summed E-state index contributed by atoms with van der Waals surface area (Å²) in [7, 11) is 0. The molecule has 0 aliphatic carbocycles. The van der Waals surface area contributed by atoms with E-state index >= 15 is 0 Å². The summed E-state index contributed by atoms with van der Waals surface area (Å²) in [4.78, 5) is 0. The Labute approximate surface area is 109 Å². The van der Waals surface area contributed by atoms with Crippen molar-refractivity contribution in [3.05, 3.63) is 10.8 Å². The molecule has 3 heteroatoms. The number of thiophene rings is 1. The zero-order valence-corrected chi connectivity index (χ0v) is 12.2. The summed E-state index contributed by atoms with van der Waals surface area (Å²) in [6.07, 6.45) is 2.29. The molecule has 0 saturated carbocycles. The van der Waals surface area contributed by atoms with Crippen molar-refractivity contribution in [2.24, 2.45) is 11.8 Å². The van der Waals surface area contributed by atoms with Crippen LogP contribution in [0.5, 0.6) is 11.5 Å². The predicted molar refractivity (Wildman–Crippen MR) is 74.2 cm³/mol. The molecule has 0 aliphatic rings. The monoisotopic (exact) mass is 256 g/mol. The van der Waals surface area contributed by atoms with Crippen molar-refractivity contribution < 1.29 is 9.47 Å². The topological polar surface area (TPSA) is 18.5 Å². The fourth-order valence-corrected chi connectivity index (χ4v) is 1.87. The van der Waals surface area contributed by atoms with Gasteiger partial charge in [-0.15, -0.1) is 11.3 Å². The van der Waals surface area contributed by atoms with Crippen molar-refractivity contribution in [3.63, 3.8) is 0 Å². The minimum atomic E-state index is 0.595. The summed E-state index contributed by atoms with van der Waals surface area (Å²) in [5.41, 5.74) is 0. The van der Waals surface area contributed by atoms with Gasteiger partial charge in [0, 0.05) is 10.8 Å². The largest absolute Gasteiger partial charge is 0.489 e. The number of rotatable bonds is 8. The van der Waals surface area contributed by atoms with Gasteiger partial charge >= 0.3 is 0 Å². The van der Waals surface area contributed by atoms with E-state index in [-0.39, 0.29) is 0 Å². The van der Waals surface area contributed by atoms with Crippen LogP contribution >= 0.6 is 11.3 Å². The van der Waals surface area contributed by atoms with Crippen LogP contribution in [0.1, 0.15) is 40.5 Å². The van der Waals surface area contributed by atoms with Gasteiger partial charge in [-0.3, -0.25) is 0 Å². The van der Waals surface area contributed by atoms with Crippen LogP contribution in [0.3, 0.4) is 0 Å². The molecule has 0 fully saturated rings. The van der Waals surface area contributed by atoms with Gasteiger partial charge in [0.2, 0.25) is 0 Å². The Morgan fingerprint density at radius 1 is 0.941 bits per heavy atom. The fourth-order valence-electron chi connectivity index (χ4n) is 1.18. The first-order valence-electron chi connectivity index (χ1n) is 6.49. The number of hydrogen-bond acceptors (Lipinski definition) is 3. The van der Waals surface area contributed by atoms with E-state index in [0.29, 0.717) is 11.8 Å². The lowest BCUT2D eigenvalue weighted by molar-refractivity contribution is 0.219. The molecule has 1 aromatic heterocycles. The van der Waals surface area contributed by atoms with E-state index in [1.807, 2.05) is 10.8 Å². The first kappa shape index (κ1) is 14.4. The Balaban J connectivity index is 2.42. The molecule has 1 rings (SSSR count). The first-order chi connectivity index (χ1) is 8.17. The number of hydrogen-bond donors (Lipinski definition) is 0. The molecule has 0 amide bonds. The van der Waals surface area contributed by atoms with Gasteiger partial charge in [-0.05, 0) is 11.8 Å². The summed E-state index contributed by atoms with van der Waals surface area (Å²) in [6.45, 7) is 10.3. The van der Waals surface area contributed by atoms with E-state index in [1.165, 1.54) is 0 Å². The average molecular weight is 256 g/mol. The molecule has 2 nitrogen and oxygen atoms in total. The van der Waals surface area contributed by atoms with Crippen molar-refractivity contribution in [2.75, 3.05) is 13.2 Å². The van der Waals surface area contributed by atoms with E-state index in [0.717, 1.165) is 37.6 Å². The highest BCUT2D eigenvalue weighted by atomic mass is 32.1. The van der Waals surface area contributed by atoms with Gasteiger partial charge in [0.05, 0.1) is 13.2 Å². The highest BCUT2D eigenvalue weighted by molar-refractivity contribution is 7.08. The van der Waals surface area contributed by atoms with Crippen LogP contribution in [0, 0.1) is 11.8 Å². The summed E-state index contributed by atoms with van der Waals surface area (Å²) in [6, 6.07) is 0. The lowest BCUT2D eigenvalue weighted by atomic mass is 10.1. The SMILES string of the molecule is CCC(C)COc1cscc1OCC(C)CC. The Bertz CT molecular complexity index is 280. The summed E-state index contributed by atoms with van der Waals surface area (Å²) in [5, 5.41) is 4.04. The predicted octanol–water partition coefficient (Wildman–Crippen LogP) is 4.60. The van der Waals surface area contributed by atoms with Gasteiger partial charge in [-0.1, -0.05) is 40.5 Å². The third-order valence-corrected chi connectivity index (χ3v) is 3.73. The Morgan fingerprint density at radius 3 is 1.71 bits per heavy atom. The zero-order valence-electron chi connectivity index (χ0n) is 11.4. The molecule has 0 bridgehead atoms. The summed E-state index contributed by atoms with van der Waals surface area (Å²) in [5.74, 6) is 2.99. The van der Waals surface area contributed by atoms with E-state index in [4.69, 9.17) is 9.47 Å². The summed E-state index contributed by atoms with van der Waals surface area (Å²) >= 11 is 1.63. The third-order valence-electron chi connectivity index (χ3n) is 3.03. The van der Waals surface area contributed by atoms with Crippen molar-refractivity contribution >= 4 is 11.3 Å². The quantitative estimate of drug-likeness (QED) is 0.677. The van der Waals surface area contributed by atoms with Gasteiger partial charge in [0.1, 0.15) is 0 Å². The van der Waals surface area contributed by atoms with E-state index in [9.17, 15) is 0 Å². The molecule has 0 aromatic carbocycles.